The molecular weight excluding hydrogens is 245 g/mol. The maximum Gasteiger partial charge on any atom is 0.229 e. The van der Waals surface area contributed by atoms with E-state index in [1.54, 1.807) is 18.2 Å². The van der Waals surface area contributed by atoms with Gasteiger partial charge in [-0.05, 0) is 30.7 Å². The summed E-state index contributed by atoms with van der Waals surface area (Å²) in [7, 11) is 0. The lowest BCUT2D eigenvalue weighted by Gasteiger charge is -2.09. The molecule has 0 fully saturated rings. The summed E-state index contributed by atoms with van der Waals surface area (Å²) in [5, 5.41) is 3.02. The molecule has 1 aromatic heterocycles. The van der Waals surface area contributed by atoms with Crippen LogP contribution in [-0.2, 0) is 6.42 Å². The second kappa shape index (κ2) is 6.10. The average Bonchev–Trinajstić information content (AvgIpc) is 2.41. The molecule has 0 unspecified atom stereocenters. The van der Waals surface area contributed by atoms with Gasteiger partial charge in [0.05, 0.1) is 0 Å². The first-order chi connectivity index (χ1) is 9.21. The van der Waals surface area contributed by atoms with Crippen molar-refractivity contribution in [2.75, 3.05) is 10.7 Å². The van der Waals surface area contributed by atoms with Crippen LogP contribution in [0.15, 0.2) is 30.3 Å². The maximum atomic E-state index is 12.8. The number of nitrogen functional groups attached to an aromatic ring is 1. The second-order valence-corrected chi connectivity index (χ2v) is 4.09. The van der Waals surface area contributed by atoms with Crippen LogP contribution in [0.2, 0.25) is 0 Å². The van der Waals surface area contributed by atoms with E-state index in [0.29, 0.717) is 11.8 Å². The Kier molecular flexibility index (Phi) is 4.25. The molecule has 0 amide bonds. The van der Waals surface area contributed by atoms with Gasteiger partial charge in [-0.3, -0.25) is 0 Å². The fourth-order valence-corrected chi connectivity index (χ4v) is 1.67. The molecule has 1 heterocycles. The van der Waals surface area contributed by atoms with Gasteiger partial charge in [0.2, 0.25) is 5.95 Å². The van der Waals surface area contributed by atoms with Gasteiger partial charge in [0.15, 0.2) is 0 Å². The minimum absolute atomic E-state index is 0.282. The highest BCUT2D eigenvalue weighted by atomic mass is 19.1. The van der Waals surface area contributed by atoms with Gasteiger partial charge in [0.25, 0.3) is 0 Å². The SMILES string of the molecule is CCCc1cc(NN)nc(Nc2ccc(F)cc2)n1. The van der Waals surface area contributed by atoms with Crippen LogP contribution in [0.3, 0.4) is 0 Å². The fourth-order valence-electron chi connectivity index (χ4n) is 1.67. The van der Waals surface area contributed by atoms with Gasteiger partial charge in [-0.1, -0.05) is 13.3 Å². The third-order valence-electron chi connectivity index (χ3n) is 2.53. The number of rotatable bonds is 5. The van der Waals surface area contributed by atoms with Crippen LogP contribution >= 0.6 is 0 Å². The quantitative estimate of drug-likeness (QED) is 0.569. The molecule has 0 aliphatic carbocycles. The van der Waals surface area contributed by atoms with Crippen molar-refractivity contribution in [3.05, 3.63) is 41.8 Å². The van der Waals surface area contributed by atoms with Crippen LogP contribution in [-0.4, -0.2) is 9.97 Å². The molecule has 1 aromatic carbocycles. The maximum absolute atomic E-state index is 12.8. The lowest BCUT2D eigenvalue weighted by atomic mass is 10.2. The van der Waals surface area contributed by atoms with E-state index in [2.05, 4.69) is 27.6 Å². The zero-order valence-corrected chi connectivity index (χ0v) is 10.7. The van der Waals surface area contributed by atoms with E-state index in [0.717, 1.165) is 24.2 Å². The monoisotopic (exact) mass is 261 g/mol. The zero-order valence-electron chi connectivity index (χ0n) is 10.7. The van der Waals surface area contributed by atoms with E-state index in [9.17, 15) is 4.39 Å². The highest BCUT2D eigenvalue weighted by molar-refractivity contribution is 5.54. The van der Waals surface area contributed by atoms with Crippen LogP contribution in [0.5, 0.6) is 0 Å². The van der Waals surface area contributed by atoms with Crippen molar-refractivity contribution < 1.29 is 4.39 Å². The van der Waals surface area contributed by atoms with Crippen LogP contribution in [0, 0.1) is 5.82 Å². The Morgan fingerprint density at radius 3 is 2.58 bits per heavy atom. The van der Waals surface area contributed by atoms with Gasteiger partial charge in [-0.15, -0.1) is 0 Å². The normalized spacial score (nSPS) is 10.3. The van der Waals surface area contributed by atoms with Crippen LogP contribution < -0.4 is 16.6 Å². The Hall–Kier alpha value is -2.21. The van der Waals surface area contributed by atoms with Crippen LogP contribution in [0.1, 0.15) is 19.0 Å². The molecule has 0 radical (unpaired) electrons. The largest absolute Gasteiger partial charge is 0.324 e. The zero-order chi connectivity index (χ0) is 13.7. The number of nitrogens with one attached hydrogen (secondary N) is 2. The first-order valence-corrected chi connectivity index (χ1v) is 6.08. The number of hydrazine groups is 1. The Morgan fingerprint density at radius 2 is 1.95 bits per heavy atom. The fraction of sp³-hybridized carbons (Fsp3) is 0.231. The van der Waals surface area contributed by atoms with Crippen molar-refractivity contribution in [1.29, 1.82) is 0 Å². The second-order valence-electron chi connectivity index (χ2n) is 4.09. The van der Waals surface area contributed by atoms with Gasteiger partial charge in [0, 0.05) is 17.4 Å². The molecule has 0 aliphatic rings. The van der Waals surface area contributed by atoms with Crippen molar-refractivity contribution >= 4 is 17.5 Å². The van der Waals surface area contributed by atoms with E-state index in [1.807, 2.05) is 0 Å². The topological polar surface area (TPSA) is 75.9 Å². The first-order valence-electron chi connectivity index (χ1n) is 6.08. The molecule has 0 bridgehead atoms. The van der Waals surface area contributed by atoms with Crippen LogP contribution in [0.4, 0.5) is 21.8 Å². The third kappa shape index (κ3) is 3.62. The summed E-state index contributed by atoms with van der Waals surface area (Å²) in [4.78, 5) is 8.58. The molecule has 0 atom stereocenters. The number of aryl methyl sites for hydroxylation is 1. The van der Waals surface area contributed by atoms with Crippen molar-refractivity contribution in [2.45, 2.75) is 19.8 Å². The van der Waals surface area contributed by atoms with E-state index in [4.69, 9.17) is 5.84 Å². The van der Waals surface area contributed by atoms with Gasteiger partial charge in [-0.25, -0.2) is 15.2 Å². The summed E-state index contributed by atoms with van der Waals surface area (Å²) in [5.41, 5.74) is 4.13. The van der Waals surface area contributed by atoms with Gasteiger partial charge in [-0.2, -0.15) is 4.98 Å². The molecule has 0 saturated carbocycles. The summed E-state index contributed by atoms with van der Waals surface area (Å²) in [6, 6.07) is 7.81. The van der Waals surface area contributed by atoms with Gasteiger partial charge >= 0.3 is 0 Å². The Bertz CT molecular complexity index is 541. The van der Waals surface area contributed by atoms with Crippen molar-refractivity contribution in [3.8, 4) is 0 Å². The predicted molar refractivity (Wildman–Crippen MR) is 73.5 cm³/mol. The van der Waals surface area contributed by atoms with Crippen molar-refractivity contribution in [3.63, 3.8) is 0 Å². The molecule has 0 saturated heterocycles. The number of hydrogen-bond acceptors (Lipinski definition) is 5. The molecule has 0 aliphatic heterocycles. The Balaban J connectivity index is 2.23. The average molecular weight is 261 g/mol. The number of nitrogens with zero attached hydrogens (tertiary/aromatic N) is 2. The highest BCUT2D eigenvalue weighted by Gasteiger charge is 2.04. The summed E-state index contributed by atoms with van der Waals surface area (Å²) in [5.74, 6) is 6.08. The number of halogens is 1. The molecule has 6 heteroatoms. The summed E-state index contributed by atoms with van der Waals surface area (Å²) >= 11 is 0. The molecule has 19 heavy (non-hydrogen) atoms. The van der Waals surface area contributed by atoms with E-state index >= 15 is 0 Å². The van der Waals surface area contributed by atoms with Gasteiger partial charge < -0.3 is 10.7 Å². The number of anilines is 3. The summed E-state index contributed by atoms with van der Waals surface area (Å²) in [6.45, 7) is 2.07. The highest BCUT2D eigenvalue weighted by Crippen LogP contribution is 2.16. The Morgan fingerprint density at radius 1 is 1.21 bits per heavy atom. The third-order valence-corrected chi connectivity index (χ3v) is 2.53. The lowest BCUT2D eigenvalue weighted by molar-refractivity contribution is 0.628. The smallest absolute Gasteiger partial charge is 0.229 e. The number of hydrogen-bond donors (Lipinski definition) is 3. The first kappa shape index (κ1) is 13.2. The van der Waals surface area contributed by atoms with Crippen LogP contribution in [0.25, 0.3) is 0 Å². The van der Waals surface area contributed by atoms with E-state index in [1.165, 1.54) is 12.1 Å². The van der Waals surface area contributed by atoms with Gasteiger partial charge in [0.1, 0.15) is 11.6 Å². The number of nitrogens with two attached hydrogens (primary N) is 1. The summed E-state index contributed by atoms with van der Waals surface area (Å²) in [6.07, 6.45) is 1.83. The minimum Gasteiger partial charge on any atom is -0.324 e. The standard InChI is InChI=1S/C13H16FN5/c1-2-3-11-8-12(19-15)18-13(17-11)16-10-6-4-9(14)5-7-10/h4-8H,2-3,15H2,1H3,(H2,16,17,18,19). The lowest BCUT2D eigenvalue weighted by Crippen LogP contribution is -2.11. The van der Waals surface area contributed by atoms with Crippen molar-refractivity contribution in [1.82, 2.24) is 9.97 Å². The van der Waals surface area contributed by atoms with E-state index < -0.39 is 0 Å². The number of aromatic nitrogens is 2. The van der Waals surface area contributed by atoms with E-state index in [-0.39, 0.29) is 5.82 Å². The molecule has 0 spiro atoms. The van der Waals surface area contributed by atoms with Crippen molar-refractivity contribution in [2.24, 2.45) is 5.84 Å². The molecule has 2 rings (SSSR count). The molecule has 100 valence electrons. The molecule has 5 nitrogen and oxygen atoms in total. The number of benzene rings is 1. The predicted octanol–water partition coefficient (Wildman–Crippen LogP) is 2.60. The summed E-state index contributed by atoms with van der Waals surface area (Å²) < 4.78 is 12.8. The minimum atomic E-state index is -0.282. The molecule has 2 aromatic rings. The molecular formula is C13H16FN5. The Labute approximate surface area is 111 Å². The molecule has 4 N–H and O–H groups in total.